The highest BCUT2D eigenvalue weighted by molar-refractivity contribution is 6.59. The van der Waals surface area contributed by atoms with Crippen LogP contribution in [0.15, 0.2) is 25.3 Å². The van der Waals surface area contributed by atoms with Crippen molar-refractivity contribution in [1.29, 1.82) is 0 Å². The Morgan fingerprint density at radius 1 is 0.812 bits per heavy atom. The average Bonchev–Trinajstić information content (AvgIpc) is 3.79. The van der Waals surface area contributed by atoms with Crippen LogP contribution in [0.25, 0.3) is 22.3 Å². The number of nitrogens with two attached hydrogens (primary N) is 2. The van der Waals surface area contributed by atoms with Crippen molar-refractivity contribution in [3.8, 4) is 0 Å². The van der Waals surface area contributed by atoms with Crippen molar-refractivity contribution < 1.29 is 45.2 Å². The van der Waals surface area contributed by atoms with Crippen LogP contribution in [0.3, 0.4) is 0 Å². The molecule has 2 aliphatic rings. The van der Waals surface area contributed by atoms with Gasteiger partial charge < -0.3 is 56.7 Å². The summed E-state index contributed by atoms with van der Waals surface area (Å²) < 4.78 is 14.4. The van der Waals surface area contributed by atoms with E-state index >= 15 is 0 Å². The molecule has 4 aromatic rings. The molecule has 6 rings (SSSR count). The third kappa shape index (κ3) is 5.80. The number of imidazole rings is 2. The number of hydrogen-bond acceptors (Lipinski definition) is 17. The van der Waals surface area contributed by atoms with E-state index in [-0.39, 0.29) is 18.1 Å². The van der Waals surface area contributed by atoms with E-state index in [1.807, 2.05) is 33.9 Å². The van der Waals surface area contributed by atoms with Gasteiger partial charge in [-0.05, 0) is 5.41 Å². The van der Waals surface area contributed by atoms with Crippen LogP contribution in [0.4, 0.5) is 11.6 Å². The van der Waals surface area contributed by atoms with Gasteiger partial charge in [0.1, 0.15) is 60.3 Å². The Kier molecular flexibility index (Phi) is 9.80. The van der Waals surface area contributed by atoms with Gasteiger partial charge in [-0.1, -0.05) is 33.9 Å². The van der Waals surface area contributed by atoms with Crippen LogP contribution in [-0.2, 0) is 15.2 Å². The van der Waals surface area contributed by atoms with Crippen molar-refractivity contribution in [3.63, 3.8) is 0 Å². The van der Waals surface area contributed by atoms with Gasteiger partial charge in [0.15, 0.2) is 34.9 Å². The first-order valence-corrected chi connectivity index (χ1v) is 17.7. The predicted molar refractivity (Wildman–Crippen MR) is 171 cm³/mol. The smallest absolute Gasteiger partial charge is 0.179 e. The Morgan fingerprint density at radius 2 is 1.38 bits per heavy atom. The van der Waals surface area contributed by atoms with E-state index in [2.05, 4.69) is 29.9 Å². The minimum absolute atomic E-state index is 0.0328. The van der Waals surface area contributed by atoms with E-state index in [0.29, 0.717) is 22.3 Å². The monoisotopic (exact) mass is 691 g/mol. The fraction of sp³-hybridized carbons (Fsp3) is 0.643. The fourth-order valence-electron chi connectivity index (χ4n) is 6.30. The van der Waals surface area contributed by atoms with Crippen LogP contribution in [0.5, 0.6) is 0 Å². The Bertz CT molecular complexity index is 1740. The van der Waals surface area contributed by atoms with Gasteiger partial charge in [0.05, 0.1) is 39.9 Å². The van der Waals surface area contributed by atoms with Crippen LogP contribution in [0.1, 0.15) is 33.4 Å². The lowest BCUT2D eigenvalue weighted by Gasteiger charge is -2.48. The average molecular weight is 692 g/mol. The van der Waals surface area contributed by atoms with E-state index in [9.17, 15) is 30.6 Å². The summed E-state index contributed by atoms with van der Waals surface area (Å²) >= 11 is 0. The zero-order chi connectivity index (χ0) is 35.3. The number of fused-ring (bicyclic) bond motifs is 2. The molecule has 1 radical (unpaired) electrons. The number of aliphatic hydroxyl groups is 7. The van der Waals surface area contributed by atoms with Crippen molar-refractivity contribution in [2.45, 2.75) is 94.1 Å². The first kappa shape index (κ1) is 35.9. The topological polar surface area (TPSA) is 299 Å². The first-order chi connectivity index (χ1) is 22.5. The van der Waals surface area contributed by atoms with Gasteiger partial charge in [0.2, 0.25) is 0 Å². The van der Waals surface area contributed by atoms with Gasteiger partial charge in [-0.2, -0.15) is 0 Å². The largest absolute Gasteiger partial charge is 0.394 e. The zero-order valence-electron chi connectivity index (χ0n) is 27.2. The van der Waals surface area contributed by atoms with Crippen molar-refractivity contribution in [1.82, 2.24) is 39.0 Å². The molecule has 2 aliphatic heterocycles. The molecule has 19 nitrogen and oxygen atoms in total. The van der Waals surface area contributed by atoms with Gasteiger partial charge in [0, 0.05) is 6.42 Å². The van der Waals surface area contributed by atoms with Crippen molar-refractivity contribution in [3.05, 3.63) is 25.3 Å². The molecule has 2 fully saturated rings. The lowest BCUT2D eigenvalue weighted by atomic mass is 9.81. The highest BCUT2D eigenvalue weighted by Crippen LogP contribution is 2.48. The van der Waals surface area contributed by atoms with E-state index in [0.717, 1.165) is 0 Å². The Labute approximate surface area is 276 Å². The molecule has 48 heavy (non-hydrogen) atoms. The molecule has 0 spiro atoms. The summed E-state index contributed by atoms with van der Waals surface area (Å²) in [6, 6.07) is 0. The lowest BCUT2D eigenvalue weighted by molar-refractivity contribution is -0.183. The number of aromatic nitrogens is 8. The molecule has 0 saturated carbocycles. The SMILES string of the molecule is C[Si](C)C(O)(C[C@@]1(n2cnc3c(N)ncnc32)O[C@H](CO)[C@@H](O)[C@H]1O)C(C)(C)C.Nc1ncnc2c1ncn2[C@@H]1O[C@H](CO)[C@@H](O)[C@H]1O. The van der Waals surface area contributed by atoms with Gasteiger partial charge in [-0.15, -0.1) is 0 Å². The number of rotatable bonds is 7. The van der Waals surface area contributed by atoms with Crippen molar-refractivity contribution in [2.24, 2.45) is 5.41 Å². The summed E-state index contributed by atoms with van der Waals surface area (Å²) in [6.45, 7) is 8.85. The molecule has 263 valence electrons. The number of nitrogen functional groups attached to an aromatic ring is 2. The molecule has 11 N–H and O–H groups in total. The highest BCUT2D eigenvalue weighted by atomic mass is 28.3. The molecule has 0 amide bonds. The van der Waals surface area contributed by atoms with E-state index in [1.165, 1.54) is 34.4 Å². The summed E-state index contributed by atoms with van der Waals surface area (Å²) in [6.07, 6.45) is -2.60. The molecule has 0 aliphatic carbocycles. The van der Waals surface area contributed by atoms with Crippen molar-refractivity contribution >= 4 is 42.8 Å². The quantitative estimate of drug-likeness (QED) is 0.0917. The molecule has 6 heterocycles. The third-order valence-corrected chi connectivity index (χ3v) is 11.8. The minimum Gasteiger partial charge on any atom is -0.394 e. The maximum Gasteiger partial charge on any atom is 0.179 e. The molecule has 1 unspecified atom stereocenters. The van der Waals surface area contributed by atoms with Crippen LogP contribution in [-0.4, -0.2) is 139 Å². The number of hydrogen-bond donors (Lipinski definition) is 9. The zero-order valence-corrected chi connectivity index (χ0v) is 28.2. The summed E-state index contributed by atoms with van der Waals surface area (Å²) in [5.41, 5.74) is 10.8. The minimum atomic E-state index is -1.60. The lowest BCUT2D eigenvalue weighted by Crippen LogP contribution is -2.60. The van der Waals surface area contributed by atoms with Gasteiger partial charge in [-0.3, -0.25) is 9.13 Å². The van der Waals surface area contributed by atoms with Gasteiger partial charge in [0.25, 0.3) is 0 Å². The molecule has 2 saturated heterocycles. The predicted octanol–water partition coefficient (Wildman–Crippen LogP) is -2.34. The maximum atomic E-state index is 11.8. The Balaban J connectivity index is 0.000000204. The van der Waals surface area contributed by atoms with Crippen molar-refractivity contribution in [2.75, 3.05) is 24.7 Å². The first-order valence-electron chi connectivity index (χ1n) is 15.2. The van der Waals surface area contributed by atoms with Gasteiger partial charge >= 0.3 is 0 Å². The highest BCUT2D eigenvalue weighted by Gasteiger charge is 2.61. The van der Waals surface area contributed by atoms with Crippen LogP contribution in [0.2, 0.25) is 13.1 Å². The molecule has 20 heteroatoms. The standard InChI is InChI=1S/C18H30N5O5Si.C10H13N5O4/c1-16(2,3)18(27,29(4)5)7-17(13(26)12(25)10(6-24)28-17)23-9-22-11-14(19)20-8-21-15(11)23;11-8-5-9(13-2-12-8)15(3-14-5)10-7(18)6(17)4(1-16)19-10/h8-10,12-13,24-27H,6-7H2,1-5H3,(H2,19,20,21);2-4,6-7,10,16-18H,1H2,(H2,11,12,13)/t10-,12-,13-,17-,18?;4-,6-,7-,10-/m11/s1. The van der Waals surface area contributed by atoms with Crippen LogP contribution in [0, 0.1) is 5.41 Å². The second-order valence-corrected chi connectivity index (χ2v) is 16.1. The third-order valence-electron chi connectivity index (χ3n) is 9.23. The fourth-order valence-corrected chi connectivity index (χ4v) is 8.41. The second-order valence-electron chi connectivity index (χ2n) is 13.3. The van der Waals surface area contributed by atoms with E-state index in [1.54, 1.807) is 0 Å². The normalized spacial score (nSPS) is 30.6. The van der Waals surface area contributed by atoms with Gasteiger partial charge in [-0.25, -0.2) is 29.9 Å². The number of ether oxygens (including phenoxy) is 2. The molecule has 0 bridgehead atoms. The molecular weight excluding hydrogens is 648 g/mol. The summed E-state index contributed by atoms with van der Waals surface area (Å²) in [7, 11) is -1.34. The molecule has 0 aromatic carbocycles. The Morgan fingerprint density at radius 3 is 1.90 bits per heavy atom. The Hall–Kier alpha value is -3.44. The summed E-state index contributed by atoms with van der Waals surface area (Å²) in [5.74, 6) is 0.382. The van der Waals surface area contributed by atoms with Crippen LogP contribution < -0.4 is 11.5 Å². The van der Waals surface area contributed by atoms with E-state index in [4.69, 9.17) is 26.0 Å². The summed E-state index contributed by atoms with van der Waals surface area (Å²) in [4.78, 5) is 24.3. The van der Waals surface area contributed by atoms with E-state index < -0.39 is 81.2 Å². The number of anilines is 2. The number of nitrogens with zero attached hydrogens (tertiary/aromatic N) is 8. The molecule has 4 aromatic heterocycles. The molecular formula is C28H43N10O9Si. The maximum absolute atomic E-state index is 11.8. The number of aliphatic hydroxyl groups excluding tert-OH is 6. The second kappa shape index (κ2) is 13.1. The molecule has 9 atom stereocenters. The summed E-state index contributed by atoms with van der Waals surface area (Å²) in [5, 5.41) is 70.6. The van der Waals surface area contributed by atoms with Crippen LogP contribution >= 0.6 is 0 Å².